The number of carbonyl (C=O) groups excluding carboxylic acids is 2. The Balaban J connectivity index is 3.17. The zero-order valence-corrected chi connectivity index (χ0v) is 16.5. The van der Waals surface area contributed by atoms with Gasteiger partial charge in [0.15, 0.2) is 10.6 Å². The summed E-state index contributed by atoms with van der Waals surface area (Å²) in [6, 6.07) is 3.09. The van der Waals surface area contributed by atoms with Crippen LogP contribution in [-0.2, 0) is 9.63 Å². The van der Waals surface area contributed by atoms with Crippen molar-refractivity contribution in [2.24, 2.45) is 5.16 Å². The van der Waals surface area contributed by atoms with Crippen molar-refractivity contribution >= 4 is 62.7 Å². The van der Waals surface area contributed by atoms with Gasteiger partial charge in [0.25, 0.3) is 5.91 Å². The monoisotopic (exact) mass is 437 g/mol. The third kappa shape index (κ3) is 4.84. The molecule has 3 N–H and O–H groups in total. The molecule has 0 heterocycles. The second kappa shape index (κ2) is 8.69. The standard InChI is InChI=1S/C15H18BrCl2N3O3/c1-4-15(2,12(22)13(17)18)21-14(23)8-5-9(7-20-24-3)11(19)10(16)6-8/h5-7,13H,4,19H2,1-3H3,(H,21,23). The van der Waals surface area contributed by atoms with Crippen LogP contribution in [-0.4, -0.2) is 35.4 Å². The Morgan fingerprint density at radius 3 is 2.62 bits per heavy atom. The molecule has 0 saturated heterocycles. The van der Waals surface area contributed by atoms with E-state index in [0.717, 1.165) is 0 Å². The van der Waals surface area contributed by atoms with Crippen LogP contribution in [0.4, 0.5) is 5.69 Å². The quantitative estimate of drug-likeness (QED) is 0.295. The van der Waals surface area contributed by atoms with Crippen LogP contribution < -0.4 is 11.1 Å². The van der Waals surface area contributed by atoms with Crippen LogP contribution in [0, 0.1) is 0 Å². The maximum atomic E-state index is 12.5. The van der Waals surface area contributed by atoms with Crippen LogP contribution in [0.15, 0.2) is 21.8 Å². The molecule has 1 aromatic rings. The number of benzene rings is 1. The molecule has 1 atom stereocenters. The fourth-order valence-corrected chi connectivity index (χ4v) is 2.83. The van der Waals surface area contributed by atoms with Crippen molar-refractivity contribution in [3.8, 4) is 0 Å². The fraction of sp³-hybridized carbons (Fsp3) is 0.400. The zero-order valence-electron chi connectivity index (χ0n) is 13.4. The second-order valence-electron chi connectivity index (χ2n) is 5.18. The summed E-state index contributed by atoms with van der Waals surface area (Å²) in [5.74, 6) is -0.938. The molecule has 0 aliphatic heterocycles. The summed E-state index contributed by atoms with van der Waals surface area (Å²) < 4.78 is 0.518. The van der Waals surface area contributed by atoms with Crippen molar-refractivity contribution in [2.75, 3.05) is 12.8 Å². The third-order valence-electron chi connectivity index (χ3n) is 3.56. The normalized spacial score (nSPS) is 13.8. The highest BCUT2D eigenvalue weighted by Crippen LogP contribution is 2.26. The number of anilines is 1. The Morgan fingerprint density at radius 1 is 1.50 bits per heavy atom. The highest BCUT2D eigenvalue weighted by Gasteiger charge is 2.36. The molecule has 24 heavy (non-hydrogen) atoms. The van der Waals surface area contributed by atoms with Crippen molar-refractivity contribution in [2.45, 2.75) is 30.6 Å². The molecular formula is C15H18BrCl2N3O3. The first-order valence-corrected chi connectivity index (χ1v) is 8.63. The number of rotatable bonds is 7. The first kappa shape index (κ1) is 20.7. The molecule has 132 valence electrons. The summed E-state index contributed by atoms with van der Waals surface area (Å²) >= 11 is 14.6. The molecule has 1 unspecified atom stereocenters. The summed E-state index contributed by atoms with van der Waals surface area (Å²) in [4.78, 5) is 28.1. The lowest BCUT2D eigenvalue weighted by Crippen LogP contribution is -2.53. The average molecular weight is 439 g/mol. The molecule has 6 nitrogen and oxygen atoms in total. The van der Waals surface area contributed by atoms with Gasteiger partial charge in [0, 0.05) is 15.6 Å². The van der Waals surface area contributed by atoms with Gasteiger partial charge in [-0.05, 0) is 41.4 Å². The topological polar surface area (TPSA) is 93.8 Å². The van der Waals surface area contributed by atoms with Gasteiger partial charge in [-0.3, -0.25) is 9.59 Å². The summed E-state index contributed by atoms with van der Waals surface area (Å²) in [5, 5.41) is 6.32. The molecule has 0 spiro atoms. The van der Waals surface area contributed by atoms with Crippen LogP contribution in [0.25, 0.3) is 0 Å². The van der Waals surface area contributed by atoms with E-state index in [0.29, 0.717) is 27.7 Å². The van der Waals surface area contributed by atoms with E-state index in [4.69, 9.17) is 28.9 Å². The molecule has 0 aliphatic rings. The number of amides is 1. The van der Waals surface area contributed by atoms with Crippen LogP contribution in [0.2, 0.25) is 0 Å². The fourth-order valence-electron chi connectivity index (χ4n) is 1.87. The lowest BCUT2D eigenvalue weighted by atomic mass is 9.93. The molecule has 0 fully saturated rings. The number of alkyl halides is 2. The lowest BCUT2D eigenvalue weighted by molar-refractivity contribution is -0.123. The van der Waals surface area contributed by atoms with E-state index in [2.05, 4.69) is 31.2 Å². The van der Waals surface area contributed by atoms with Crippen molar-refractivity contribution in [3.63, 3.8) is 0 Å². The summed E-state index contributed by atoms with van der Waals surface area (Å²) in [6.07, 6.45) is 1.72. The number of ketones is 1. The maximum Gasteiger partial charge on any atom is 0.252 e. The Morgan fingerprint density at radius 2 is 2.12 bits per heavy atom. The van der Waals surface area contributed by atoms with Gasteiger partial charge >= 0.3 is 0 Å². The van der Waals surface area contributed by atoms with Crippen molar-refractivity contribution < 1.29 is 14.4 Å². The number of Topliss-reactive ketones (excluding diaryl/α,β-unsaturated/α-hetero) is 1. The van der Waals surface area contributed by atoms with E-state index in [1.54, 1.807) is 19.9 Å². The molecule has 0 saturated carbocycles. The summed E-state index contributed by atoms with van der Waals surface area (Å²) in [5.41, 5.74) is 5.93. The van der Waals surface area contributed by atoms with E-state index in [-0.39, 0.29) is 0 Å². The van der Waals surface area contributed by atoms with E-state index < -0.39 is 22.1 Å². The van der Waals surface area contributed by atoms with E-state index >= 15 is 0 Å². The first-order valence-electron chi connectivity index (χ1n) is 6.96. The van der Waals surface area contributed by atoms with E-state index in [9.17, 15) is 9.59 Å². The summed E-state index contributed by atoms with van der Waals surface area (Å²) in [7, 11) is 1.39. The highest BCUT2D eigenvalue weighted by atomic mass is 79.9. The Kier molecular flexibility index (Phi) is 7.51. The SMILES string of the molecule is CCC(C)(NC(=O)c1cc(Br)c(N)c(C=NOC)c1)C(=O)C(Cl)Cl. The van der Waals surface area contributed by atoms with Gasteiger partial charge in [0.1, 0.15) is 7.11 Å². The number of halogens is 3. The molecule has 1 aromatic carbocycles. The van der Waals surface area contributed by atoms with Crippen LogP contribution in [0.1, 0.15) is 36.2 Å². The average Bonchev–Trinajstić information content (AvgIpc) is 2.54. The molecule has 9 heteroatoms. The predicted octanol–water partition coefficient (Wildman–Crippen LogP) is 3.28. The second-order valence-corrected chi connectivity index (χ2v) is 7.13. The highest BCUT2D eigenvalue weighted by molar-refractivity contribution is 9.10. The number of oxime groups is 1. The maximum absolute atomic E-state index is 12.5. The predicted molar refractivity (Wildman–Crippen MR) is 99.8 cm³/mol. The minimum Gasteiger partial charge on any atom is -0.399 e. The van der Waals surface area contributed by atoms with Crippen molar-refractivity contribution in [1.29, 1.82) is 0 Å². The minimum absolute atomic E-state index is 0.293. The zero-order chi connectivity index (χ0) is 18.5. The number of nitrogen functional groups attached to an aromatic ring is 1. The van der Waals surface area contributed by atoms with Gasteiger partial charge < -0.3 is 15.9 Å². The smallest absolute Gasteiger partial charge is 0.252 e. The van der Waals surface area contributed by atoms with Gasteiger partial charge in [-0.2, -0.15) is 0 Å². The molecule has 0 aromatic heterocycles. The Bertz CT molecular complexity index is 668. The van der Waals surface area contributed by atoms with Crippen LogP contribution >= 0.6 is 39.1 Å². The molecule has 0 aliphatic carbocycles. The van der Waals surface area contributed by atoms with E-state index in [1.807, 2.05) is 0 Å². The van der Waals surface area contributed by atoms with Gasteiger partial charge in [-0.25, -0.2) is 0 Å². The number of nitrogens with one attached hydrogen (secondary N) is 1. The van der Waals surface area contributed by atoms with Crippen molar-refractivity contribution in [1.82, 2.24) is 5.32 Å². The number of nitrogens with zero attached hydrogens (tertiary/aromatic N) is 1. The lowest BCUT2D eigenvalue weighted by Gasteiger charge is -2.28. The van der Waals surface area contributed by atoms with Crippen molar-refractivity contribution in [3.05, 3.63) is 27.7 Å². The van der Waals surface area contributed by atoms with E-state index in [1.165, 1.54) is 19.4 Å². The molecule has 1 rings (SSSR count). The Hall–Kier alpha value is -1.31. The molecule has 1 amide bonds. The van der Waals surface area contributed by atoms with Crippen LogP contribution in [0.3, 0.4) is 0 Å². The first-order chi connectivity index (χ1) is 11.2. The van der Waals surface area contributed by atoms with Gasteiger partial charge in [0.05, 0.1) is 17.4 Å². The molecule has 0 bridgehead atoms. The third-order valence-corrected chi connectivity index (χ3v) is 4.61. The number of hydrogen-bond acceptors (Lipinski definition) is 5. The Labute approximate surface area is 158 Å². The number of hydrogen-bond donors (Lipinski definition) is 2. The largest absolute Gasteiger partial charge is 0.399 e. The molecule has 0 radical (unpaired) electrons. The number of nitrogens with two attached hydrogens (primary N) is 1. The number of carbonyl (C=O) groups is 2. The van der Waals surface area contributed by atoms with Gasteiger partial charge in [-0.1, -0.05) is 35.3 Å². The summed E-state index contributed by atoms with van der Waals surface area (Å²) in [6.45, 7) is 3.33. The van der Waals surface area contributed by atoms with Gasteiger partial charge in [0.2, 0.25) is 0 Å². The van der Waals surface area contributed by atoms with Gasteiger partial charge in [-0.15, -0.1) is 0 Å². The molecular weight excluding hydrogens is 421 g/mol. The van der Waals surface area contributed by atoms with Crippen LogP contribution in [0.5, 0.6) is 0 Å². The minimum atomic E-state index is -1.22.